The number of benzene rings is 2. The van der Waals surface area contributed by atoms with Crippen molar-refractivity contribution in [3.05, 3.63) is 63.2 Å². The normalized spacial score (nSPS) is 10.2. The lowest BCUT2D eigenvalue weighted by Gasteiger charge is -2.07. The van der Waals surface area contributed by atoms with Gasteiger partial charge in [-0.2, -0.15) is 0 Å². The highest BCUT2D eigenvalue weighted by Crippen LogP contribution is 2.33. The minimum Gasteiger partial charge on any atom is -0.450 e. The van der Waals surface area contributed by atoms with Crippen LogP contribution in [0.2, 0.25) is 5.02 Å². The lowest BCUT2D eigenvalue weighted by molar-refractivity contribution is -0.385. The molecule has 0 aliphatic heterocycles. The number of halogens is 2. The molecular weight excluding hydrogens is 289 g/mol. The van der Waals surface area contributed by atoms with Gasteiger partial charge in [-0.3, -0.25) is 10.1 Å². The summed E-state index contributed by atoms with van der Waals surface area (Å²) < 4.78 is 5.48. The minimum atomic E-state index is -0.515. The van der Waals surface area contributed by atoms with Gasteiger partial charge in [0.05, 0.1) is 4.92 Å². The van der Waals surface area contributed by atoms with Crippen molar-refractivity contribution in [3.63, 3.8) is 0 Å². The van der Waals surface area contributed by atoms with Crippen molar-refractivity contribution in [1.82, 2.24) is 0 Å². The fraction of sp³-hybridized carbons (Fsp3) is 0.0769. The quantitative estimate of drug-likeness (QED) is 0.463. The Bertz CT molecular complexity index is 599. The first-order chi connectivity index (χ1) is 9.10. The Morgan fingerprint density at radius 2 is 1.84 bits per heavy atom. The third kappa shape index (κ3) is 3.36. The second kappa shape index (κ2) is 5.91. The number of alkyl halides is 1. The van der Waals surface area contributed by atoms with Gasteiger partial charge in [-0.05, 0) is 23.8 Å². The van der Waals surface area contributed by atoms with Gasteiger partial charge in [0.1, 0.15) is 5.75 Å². The van der Waals surface area contributed by atoms with Crippen LogP contribution in [0.4, 0.5) is 5.69 Å². The van der Waals surface area contributed by atoms with Crippen molar-refractivity contribution >= 4 is 28.9 Å². The summed E-state index contributed by atoms with van der Waals surface area (Å²) in [7, 11) is 0. The van der Waals surface area contributed by atoms with E-state index in [4.69, 9.17) is 27.9 Å². The van der Waals surface area contributed by atoms with Gasteiger partial charge in [-0.15, -0.1) is 11.6 Å². The molecule has 0 N–H and O–H groups in total. The first kappa shape index (κ1) is 13.6. The highest BCUT2D eigenvalue weighted by atomic mass is 35.5. The molecule has 2 rings (SSSR count). The maximum Gasteiger partial charge on any atom is 0.311 e. The molecule has 4 nitrogen and oxygen atoms in total. The van der Waals surface area contributed by atoms with E-state index < -0.39 is 4.92 Å². The van der Waals surface area contributed by atoms with Gasteiger partial charge >= 0.3 is 5.69 Å². The standard InChI is InChI=1S/C13H9Cl2NO3/c14-8-9-1-4-11(5-2-9)19-13-7-10(15)3-6-12(13)16(17)18/h1-7H,8H2. The predicted molar refractivity (Wildman–Crippen MR) is 74.2 cm³/mol. The second-order valence-electron chi connectivity index (χ2n) is 3.75. The Labute approximate surface area is 119 Å². The Morgan fingerprint density at radius 1 is 1.16 bits per heavy atom. The summed E-state index contributed by atoms with van der Waals surface area (Å²) in [6, 6.07) is 11.1. The van der Waals surface area contributed by atoms with Crippen LogP contribution in [0.25, 0.3) is 0 Å². The summed E-state index contributed by atoms with van der Waals surface area (Å²) in [5.74, 6) is 0.993. The maximum atomic E-state index is 10.9. The molecular formula is C13H9Cl2NO3. The van der Waals surface area contributed by atoms with Gasteiger partial charge in [0.25, 0.3) is 0 Å². The lowest BCUT2D eigenvalue weighted by Crippen LogP contribution is -1.93. The van der Waals surface area contributed by atoms with Crippen LogP contribution in [0.15, 0.2) is 42.5 Å². The summed E-state index contributed by atoms with van der Waals surface area (Å²) in [5, 5.41) is 11.3. The van der Waals surface area contributed by atoms with Crippen LogP contribution in [0, 0.1) is 10.1 Å². The zero-order chi connectivity index (χ0) is 13.8. The summed E-state index contributed by atoms with van der Waals surface area (Å²) in [5.41, 5.74) is 0.806. The van der Waals surface area contributed by atoms with E-state index in [1.807, 2.05) is 0 Å². The number of ether oxygens (including phenoxy) is 1. The van der Waals surface area contributed by atoms with Gasteiger partial charge < -0.3 is 4.74 Å². The lowest BCUT2D eigenvalue weighted by atomic mass is 10.2. The van der Waals surface area contributed by atoms with Crippen LogP contribution in [0.5, 0.6) is 11.5 Å². The number of nitrogens with zero attached hydrogens (tertiary/aromatic N) is 1. The number of hydrogen-bond acceptors (Lipinski definition) is 3. The van der Waals surface area contributed by atoms with Crippen molar-refractivity contribution in [3.8, 4) is 11.5 Å². The monoisotopic (exact) mass is 297 g/mol. The van der Waals surface area contributed by atoms with Gasteiger partial charge in [-0.1, -0.05) is 23.7 Å². The number of nitro groups is 1. The fourth-order valence-corrected chi connectivity index (χ4v) is 1.83. The topological polar surface area (TPSA) is 52.4 Å². The fourth-order valence-electron chi connectivity index (χ4n) is 1.49. The van der Waals surface area contributed by atoms with Gasteiger partial charge in [-0.25, -0.2) is 0 Å². The molecule has 0 amide bonds. The van der Waals surface area contributed by atoms with Crippen molar-refractivity contribution in [2.24, 2.45) is 0 Å². The Morgan fingerprint density at radius 3 is 2.42 bits per heavy atom. The van der Waals surface area contributed by atoms with Crippen molar-refractivity contribution in [2.75, 3.05) is 0 Å². The van der Waals surface area contributed by atoms with Crippen LogP contribution >= 0.6 is 23.2 Å². The molecule has 0 spiro atoms. The first-order valence-electron chi connectivity index (χ1n) is 5.37. The van der Waals surface area contributed by atoms with Crippen LogP contribution < -0.4 is 4.74 Å². The molecule has 0 aliphatic carbocycles. The van der Waals surface area contributed by atoms with Crippen molar-refractivity contribution < 1.29 is 9.66 Å². The highest BCUT2D eigenvalue weighted by Gasteiger charge is 2.16. The summed E-state index contributed by atoms with van der Waals surface area (Å²) >= 11 is 11.5. The van der Waals surface area contributed by atoms with Crippen LogP contribution in [0.1, 0.15) is 5.56 Å². The third-order valence-electron chi connectivity index (χ3n) is 2.42. The molecule has 19 heavy (non-hydrogen) atoms. The van der Waals surface area contributed by atoms with E-state index in [0.29, 0.717) is 16.7 Å². The molecule has 0 heterocycles. The Kier molecular flexibility index (Phi) is 4.24. The summed E-state index contributed by atoms with van der Waals surface area (Å²) in [6.07, 6.45) is 0. The van der Waals surface area contributed by atoms with Gasteiger partial charge in [0.2, 0.25) is 5.75 Å². The minimum absolute atomic E-state index is 0.108. The summed E-state index contributed by atoms with van der Waals surface area (Å²) in [4.78, 5) is 10.4. The molecule has 0 aromatic heterocycles. The first-order valence-corrected chi connectivity index (χ1v) is 6.28. The van der Waals surface area contributed by atoms with E-state index in [1.165, 1.54) is 18.2 Å². The van der Waals surface area contributed by atoms with Crippen LogP contribution in [-0.4, -0.2) is 4.92 Å². The van der Waals surface area contributed by atoms with E-state index in [2.05, 4.69) is 0 Å². The Hall–Kier alpha value is -1.78. The summed E-state index contributed by atoms with van der Waals surface area (Å²) in [6.45, 7) is 0. The molecule has 0 bridgehead atoms. The number of nitro benzene ring substituents is 1. The Balaban J connectivity index is 2.31. The zero-order valence-corrected chi connectivity index (χ0v) is 11.2. The average molecular weight is 298 g/mol. The largest absolute Gasteiger partial charge is 0.450 e. The molecule has 0 unspecified atom stereocenters. The van der Waals surface area contributed by atoms with E-state index >= 15 is 0 Å². The van der Waals surface area contributed by atoms with E-state index in [0.717, 1.165) is 5.56 Å². The molecule has 98 valence electrons. The molecule has 6 heteroatoms. The van der Waals surface area contributed by atoms with Gasteiger partial charge in [0, 0.05) is 23.0 Å². The predicted octanol–water partition coefficient (Wildman–Crippen LogP) is 4.78. The molecule has 2 aromatic rings. The molecule has 0 fully saturated rings. The number of hydrogen-bond donors (Lipinski definition) is 0. The second-order valence-corrected chi connectivity index (χ2v) is 4.45. The van der Waals surface area contributed by atoms with Crippen molar-refractivity contribution in [2.45, 2.75) is 5.88 Å². The van der Waals surface area contributed by atoms with Crippen molar-refractivity contribution in [1.29, 1.82) is 0 Å². The molecule has 0 radical (unpaired) electrons. The third-order valence-corrected chi connectivity index (χ3v) is 2.97. The van der Waals surface area contributed by atoms with Crippen LogP contribution in [-0.2, 0) is 5.88 Å². The molecule has 2 aromatic carbocycles. The molecule has 0 saturated carbocycles. The zero-order valence-electron chi connectivity index (χ0n) is 9.68. The maximum absolute atomic E-state index is 10.9. The smallest absolute Gasteiger partial charge is 0.311 e. The average Bonchev–Trinajstić information content (AvgIpc) is 2.39. The van der Waals surface area contributed by atoms with E-state index in [1.54, 1.807) is 24.3 Å². The molecule has 0 saturated heterocycles. The molecule has 0 atom stereocenters. The number of rotatable bonds is 4. The van der Waals surface area contributed by atoms with Gasteiger partial charge in [0.15, 0.2) is 0 Å². The SMILES string of the molecule is O=[N+]([O-])c1ccc(Cl)cc1Oc1ccc(CCl)cc1. The van der Waals surface area contributed by atoms with E-state index in [9.17, 15) is 10.1 Å². The molecule has 0 aliphatic rings. The highest BCUT2D eigenvalue weighted by molar-refractivity contribution is 6.30. The van der Waals surface area contributed by atoms with E-state index in [-0.39, 0.29) is 11.4 Å². The van der Waals surface area contributed by atoms with Crippen LogP contribution in [0.3, 0.4) is 0 Å².